The number of imidazole rings is 1. The Labute approximate surface area is 98.1 Å². The molecule has 17 heavy (non-hydrogen) atoms. The van der Waals surface area contributed by atoms with E-state index >= 15 is 0 Å². The standard InChI is InChI=1S/C12H14N2O3/c1-12(2,3)11-13-8-5-6(15)4-7(10(16)17)9(8)14-11/h4-5,15H,1-3H3,(H,13,14)(H,16,17). The third-order valence-corrected chi connectivity index (χ3v) is 2.51. The minimum atomic E-state index is -1.10. The van der Waals surface area contributed by atoms with Gasteiger partial charge in [0.05, 0.1) is 11.1 Å². The second-order valence-electron chi connectivity index (χ2n) is 5.03. The molecule has 0 amide bonds. The Hall–Kier alpha value is -2.04. The Kier molecular flexibility index (Phi) is 2.34. The summed E-state index contributed by atoms with van der Waals surface area (Å²) < 4.78 is 0. The van der Waals surface area contributed by atoms with Crippen molar-refractivity contribution in [1.82, 2.24) is 9.97 Å². The van der Waals surface area contributed by atoms with Gasteiger partial charge in [-0.1, -0.05) is 20.8 Å². The molecule has 0 bridgehead atoms. The van der Waals surface area contributed by atoms with Gasteiger partial charge >= 0.3 is 5.97 Å². The van der Waals surface area contributed by atoms with Gasteiger partial charge in [-0.3, -0.25) is 0 Å². The van der Waals surface area contributed by atoms with Gasteiger partial charge in [0, 0.05) is 11.5 Å². The Morgan fingerprint density at radius 1 is 1.35 bits per heavy atom. The first-order valence-corrected chi connectivity index (χ1v) is 5.25. The number of phenols is 1. The molecule has 0 aliphatic carbocycles. The molecule has 0 aliphatic rings. The highest BCUT2D eigenvalue weighted by molar-refractivity contribution is 6.01. The SMILES string of the molecule is CC(C)(C)c1nc2c(C(=O)O)cc(O)cc2[nH]1. The molecule has 2 aromatic rings. The van der Waals surface area contributed by atoms with Crippen molar-refractivity contribution in [3.63, 3.8) is 0 Å². The number of phenolic OH excluding ortho intramolecular Hbond substituents is 1. The number of carboxylic acids is 1. The molecule has 1 aromatic heterocycles. The highest BCUT2D eigenvalue weighted by atomic mass is 16.4. The maximum atomic E-state index is 11.1. The zero-order valence-corrected chi connectivity index (χ0v) is 9.90. The van der Waals surface area contributed by atoms with Gasteiger partial charge in [-0.05, 0) is 6.07 Å². The average Bonchev–Trinajstić information content (AvgIpc) is 2.58. The van der Waals surface area contributed by atoms with Crippen LogP contribution in [-0.2, 0) is 5.41 Å². The van der Waals surface area contributed by atoms with E-state index in [2.05, 4.69) is 9.97 Å². The number of hydrogen-bond acceptors (Lipinski definition) is 3. The first kappa shape index (κ1) is 11.4. The fourth-order valence-corrected chi connectivity index (χ4v) is 1.62. The molecular weight excluding hydrogens is 220 g/mol. The molecule has 0 unspecified atom stereocenters. The van der Waals surface area contributed by atoms with E-state index in [9.17, 15) is 9.90 Å². The smallest absolute Gasteiger partial charge is 0.338 e. The van der Waals surface area contributed by atoms with Crippen LogP contribution in [0.1, 0.15) is 37.0 Å². The number of aromatic hydroxyl groups is 1. The third-order valence-electron chi connectivity index (χ3n) is 2.51. The van der Waals surface area contributed by atoms with Crippen molar-refractivity contribution in [3.05, 3.63) is 23.5 Å². The van der Waals surface area contributed by atoms with Gasteiger partial charge in [-0.2, -0.15) is 0 Å². The van der Waals surface area contributed by atoms with E-state index in [4.69, 9.17) is 5.11 Å². The number of benzene rings is 1. The highest BCUT2D eigenvalue weighted by Gasteiger charge is 2.21. The van der Waals surface area contributed by atoms with Crippen LogP contribution in [0, 0.1) is 0 Å². The highest BCUT2D eigenvalue weighted by Crippen LogP contribution is 2.27. The van der Waals surface area contributed by atoms with E-state index in [1.54, 1.807) is 0 Å². The van der Waals surface area contributed by atoms with Gasteiger partial charge in [0.15, 0.2) is 0 Å². The van der Waals surface area contributed by atoms with Gasteiger partial charge in [0.2, 0.25) is 0 Å². The zero-order chi connectivity index (χ0) is 12.8. The summed E-state index contributed by atoms with van der Waals surface area (Å²) in [6.07, 6.45) is 0. The van der Waals surface area contributed by atoms with Crippen LogP contribution in [0.3, 0.4) is 0 Å². The van der Waals surface area contributed by atoms with E-state index in [0.717, 1.165) is 0 Å². The van der Waals surface area contributed by atoms with Crippen molar-refractivity contribution in [2.24, 2.45) is 0 Å². The summed E-state index contributed by atoms with van der Waals surface area (Å²) >= 11 is 0. The van der Waals surface area contributed by atoms with Gasteiger partial charge in [0.1, 0.15) is 17.1 Å². The molecule has 0 aliphatic heterocycles. The van der Waals surface area contributed by atoms with Crippen LogP contribution in [0.5, 0.6) is 5.75 Å². The minimum absolute atomic E-state index is 0.00625. The number of nitrogens with one attached hydrogen (secondary N) is 1. The second-order valence-corrected chi connectivity index (χ2v) is 5.03. The number of aromatic carboxylic acids is 1. The molecule has 2 rings (SSSR count). The van der Waals surface area contributed by atoms with Crippen molar-refractivity contribution < 1.29 is 15.0 Å². The molecule has 5 nitrogen and oxygen atoms in total. The summed E-state index contributed by atoms with van der Waals surface area (Å²) in [6.45, 7) is 5.93. The maximum absolute atomic E-state index is 11.1. The largest absolute Gasteiger partial charge is 0.508 e. The van der Waals surface area contributed by atoms with Crippen LogP contribution >= 0.6 is 0 Å². The van der Waals surface area contributed by atoms with Crippen molar-refractivity contribution >= 4 is 17.0 Å². The van der Waals surface area contributed by atoms with Gasteiger partial charge in [-0.25, -0.2) is 9.78 Å². The van der Waals surface area contributed by atoms with E-state index in [-0.39, 0.29) is 16.7 Å². The Balaban J connectivity index is 2.76. The summed E-state index contributed by atoms with van der Waals surface area (Å²) in [4.78, 5) is 18.4. The first-order chi connectivity index (χ1) is 7.79. The number of rotatable bonds is 1. The predicted molar refractivity (Wildman–Crippen MR) is 63.4 cm³/mol. The van der Waals surface area contributed by atoms with Crippen molar-refractivity contribution in [2.75, 3.05) is 0 Å². The molecule has 3 N–H and O–H groups in total. The average molecular weight is 234 g/mol. The monoisotopic (exact) mass is 234 g/mol. The summed E-state index contributed by atoms with van der Waals surface area (Å²) in [6, 6.07) is 2.68. The lowest BCUT2D eigenvalue weighted by Gasteiger charge is -2.13. The van der Waals surface area contributed by atoms with Crippen LogP contribution in [0.4, 0.5) is 0 Å². The molecule has 0 spiro atoms. The van der Waals surface area contributed by atoms with Crippen LogP contribution < -0.4 is 0 Å². The number of nitrogens with zero attached hydrogens (tertiary/aromatic N) is 1. The number of H-pyrrole nitrogens is 1. The molecule has 1 aromatic carbocycles. The third kappa shape index (κ3) is 1.95. The zero-order valence-electron chi connectivity index (χ0n) is 9.90. The molecule has 0 saturated carbocycles. The second kappa shape index (κ2) is 3.48. The fraction of sp³-hybridized carbons (Fsp3) is 0.333. The van der Waals surface area contributed by atoms with E-state index < -0.39 is 5.97 Å². The lowest BCUT2D eigenvalue weighted by atomic mass is 9.96. The van der Waals surface area contributed by atoms with Gasteiger partial charge in [0.25, 0.3) is 0 Å². The van der Waals surface area contributed by atoms with E-state index in [0.29, 0.717) is 16.9 Å². The van der Waals surface area contributed by atoms with Crippen LogP contribution in [0.25, 0.3) is 11.0 Å². The summed E-state index contributed by atoms with van der Waals surface area (Å²) in [5, 5.41) is 18.5. The molecule has 0 radical (unpaired) electrons. The van der Waals surface area contributed by atoms with E-state index in [1.165, 1.54) is 12.1 Å². The van der Waals surface area contributed by atoms with Crippen molar-refractivity contribution in [1.29, 1.82) is 0 Å². The number of fused-ring (bicyclic) bond motifs is 1. The summed E-state index contributed by atoms with van der Waals surface area (Å²) in [7, 11) is 0. The summed E-state index contributed by atoms with van der Waals surface area (Å²) in [5.74, 6) is -0.488. The number of aromatic nitrogens is 2. The van der Waals surface area contributed by atoms with Crippen LogP contribution in [-0.4, -0.2) is 26.2 Å². The Morgan fingerprint density at radius 2 is 2.00 bits per heavy atom. The predicted octanol–water partition coefficient (Wildman–Crippen LogP) is 2.26. The fourth-order valence-electron chi connectivity index (χ4n) is 1.62. The van der Waals surface area contributed by atoms with Gasteiger partial charge in [-0.15, -0.1) is 0 Å². The van der Waals surface area contributed by atoms with Crippen molar-refractivity contribution in [3.8, 4) is 5.75 Å². The maximum Gasteiger partial charge on any atom is 0.338 e. The van der Waals surface area contributed by atoms with Crippen LogP contribution in [0.15, 0.2) is 12.1 Å². The van der Waals surface area contributed by atoms with Crippen LogP contribution in [0.2, 0.25) is 0 Å². The lowest BCUT2D eigenvalue weighted by molar-refractivity contribution is 0.0698. The number of carboxylic acid groups (broad SMARTS) is 1. The van der Waals surface area contributed by atoms with Crippen molar-refractivity contribution in [2.45, 2.75) is 26.2 Å². The summed E-state index contributed by atoms with van der Waals surface area (Å²) in [5.41, 5.74) is 0.712. The lowest BCUT2D eigenvalue weighted by Crippen LogP contribution is -2.13. The molecule has 0 saturated heterocycles. The molecule has 0 fully saturated rings. The van der Waals surface area contributed by atoms with Gasteiger partial charge < -0.3 is 15.2 Å². The molecular formula is C12H14N2O3. The quantitative estimate of drug-likeness (QED) is 0.706. The topological polar surface area (TPSA) is 86.2 Å². The number of aromatic amines is 1. The molecule has 0 atom stereocenters. The Morgan fingerprint density at radius 3 is 2.53 bits per heavy atom. The van der Waals surface area contributed by atoms with E-state index in [1.807, 2.05) is 20.8 Å². The number of carbonyl (C=O) groups is 1. The molecule has 1 heterocycles. The molecule has 90 valence electrons. The normalized spacial score (nSPS) is 11.9. The minimum Gasteiger partial charge on any atom is -0.508 e. The number of hydrogen-bond donors (Lipinski definition) is 3. The first-order valence-electron chi connectivity index (χ1n) is 5.25. The Bertz CT molecular complexity index is 594. The molecule has 5 heteroatoms.